The Labute approximate surface area is 178 Å². The van der Waals surface area contributed by atoms with Crippen molar-refractivity contribution in [3.8, 4) is 5.75 Å². The number of nitrogens with one attached hydrogen (secondary N) is 2. The van der Waals surface area contributed by atoms with E-state index in [0.29, 0.717) is 13.1 Å². The average molecular weight is 484 g/mol. The number of hydrogen-bond acceptors (Lipinski definition) is 4. The van der Waals surface area contributed by atoms with Crippen LogP contribution in [0.3, 0.4) is 0 Å². The number of halogens is 1. The minimum absolute atomic E-state index is 0. The van der Waals surface area contributed by atoms with Crippen LogP contribution in [0.1, 0.15) is 37.0 Å². The molecule has 1 aliphatic rings. The lowest BCUT2D eigenvalue weighted by Crippen LogP contribution is -2.41. The molecule has 0 bridgehead atoms. The molecule has 0 saturated heterocycles. The molecule has 1 aromatic carbocycles. The quantitative estimate of drug-likeness (QED) is 0.375. The van der Waals surface area contributed by atoms with Crippen LogP contribution in [0, 0.1) is 6.92 Å². The van der Waals surface area contributed by atoms with E-state index in [2.05, 4.69) is 43.4 Å². The Hall–Kier alpha value is -1.84. The smallest absolute Gasteiger partial charge is 0.191 e. The summed E-state index contributed by atoms with van der Waals surface area (Å²) in [5, 5.41) is 15.2. The molecule has 0 radical (unpaired) electrons. The van der Waals surface area contributed by atoms with Crippen LogP contribution >= 0.6 is 24.0 Å². The van der Waals surface area contributed by atoms with Gasteiger partial charge in [-0.2, -0.15) is 0 Å². The molecule has 0 fully saturated rings. The van der Waals surface area contributed by atoms with Crippen molar-refractivity contribution >= 4 is 29.9 Å². The maximum Gasteiger partial charge on any atom is 0.191 e. The molecule has 0 spiro atoms. The second-order valence-corrected chi connectivity index (χ2v) is 6.64. The van der Waals surface area contributed by atoms with Gasteiger partial charge in [0.1, 0.15) is 17.7 Å². The molecule has 1 atom stereocenters. The molecule has 2 N–H and O–H groups in total. The molecule has 0 saturated carbocycles. The van der Waals surface area contributed by atoms with Gasteiger partial charge in [-0.15, -0.1) is 34.2 Å². The van der Waals surface area contributed by atoms with Crippen molar-refractivity contribution in [2.24, 2.45) is 4.99 Å². The molecule has 0 aliphatic carbocycles. The van der Waals surface area contributed by atoms with E-state index < -0.39 is 0 Å². The SMILES string of the molecule is CN=C(NCc1nnc2n1CCCC2)NCC(C)Oc1ccccc1C.I. The Morgan fingerprint density at radius 1 is 1.26 bits per heavy atom. The first kappa shape index (κ1) is 21.5. The maximum atomic E-state index is 5.99. The highest BCUT2D eigenvalue weighted by atomic mass is 127. The third-order valence-corrected chi connectivity index (χ3v) is 4.55. The standard InChI is InChI=1S/C19H28N6O.HI/c1-14-8-4-5-9-16(14)26-15(2)12-21-19(20-3)22-13-18-24-23-17-10-6-7-11-25(17)18;/h4-5,8-9,15H,6-7,10-13H2,1-3H3,(H2,20,21,22);1H. The van der Waals surface area contributed by atoms with Gasteiger partial charge in [0.25, 0.3) is 0 Å². The monoisotopic (exact) mass is 484 g/mol. The van der Waals surface area contributed by atoms with Crippen molar-refractivity contribution in [3.63, 3.8) is 0 Å². The zero-order valence-corrected chi connectivity index (χ0v) is 18.6. The number of nitrogens with zero attached hydrogens (tertiary/aromatic N) is 4. The van der Waals surface area contributed by atoms with Gasteiger partial charge in [0, 0.05) is 20.0 Å². The topological polar surface area (TPSA) is 76.4 Å². The van der Waals surface area contributed by atoms with E-state index in [1.54, 1.807) is 7.05 Å². The van der Waals surface area contributed by atoms with Crippen molar-refractivity contribution in [1.82, 2.24) is 25.4 Å². The summed E-state index contributed by atoms with van der Waals surface area (Å²) >= 11 is 0. The summed E-state index contributed by atoms with van der Waals surface area (Å²) in [7, 11) is 1.77. The van der Waals surface area contributed by atoms with Gasteiger partial charge in [0.2, 0.25) is 0 Å². The number of aryl methyl sites for hydroxylation is 2. The van der Waals surface area contributed by atoms with Gasteiger partial charge < -0.3 is 19.9 Å². The number of aromatic nitrogens is 3. The van der Waals surface area contributed by atoms with Crippen LogP contribution in [0.25, 0.3) is 0 Å². The lowest BCUT2D eigenvalue weighted by Gasteiger charge is -2.19. The summed E-state index contributed by atoms with van der Waals surface area (Å²) < 4.78 is 8.21. The van der Waals surface area contributed by atoms with Gasteiger partial charge in [0.05, 0.1) is 13.1 Å². The van der Waals surface area contributed by atoms with Gasteiger partial charge in [-0.05, 0) is 38.3 Å². The van der Waals surface area contributed by atoms with E-state index in [1.165, 1.54) is 12.8 Å². The van der Waals surface area contributed by atoms with E-state index >= 15 is 0 Å². The third-order valence-electron chi connectivity index (χ3n) is 4.55. The molecule has 7 nitrogen and oxygen atoms in total. The highest BCUT2D eigenvalue weighted by Crippen LogP contribution is 2.17. The minimum Gasteiger partial charge on any atom is -0.489 e. The molecule has 2 aromatic rings. The molecule has 1 unspecified atom stereocenters. The fourth-order valence-corrected chi connectivity index (χ4v) is 3.07. The summed E-state index contributed by atoms with van der Waals surface area (Å²) in [6.07, 6.45) is 3.44. The number of benzene rings is 1. The zero-order valence-electron chi connectivity index (χ0n) is 16.2. The molecular formula is C19H29IN6O. The van der Waals surface area contributed by atoms with Crippen molar-refractivity contribution in [2.45, 2.75) is 52.3 Å². The van der Waals surface area contributed by atoms with E-state index in [-0.39, 0.29) is 30.1 Å². The zero-order chi connectivity index (χ0) is 18.4. The van der Waals surface area contributed by atoms with Crippen molar-refractivity contribution in [2.75, 3.05) is 13.6 Å². The first-order valence-corrected chi connectivity index (χ1v) is 9.25. The Balaban J connectivity index is 0.00000261. The second-order valence-electron chi connectivity index (χ2n) is 6.64. The summed E-state index contributed by atoms with van der Waals surface area (Å²) in [6.45, 7) is 6.37. The molecule has 2 heterocycles. The minimum atomic E-state index is 0. The fraction of sp³-hybridized carbons (Fsp3) is 0.526. The number of para-hydroxylation sites is 1. The lowest BCUT2D eigenvalue weighted by atomic mass is 10.2. The van der Waals surface area contributed by atoms with Crippen LogP contribution < -0.4 is 15.4 Å². The van der Waals surface area contributed by atoms with Crippen LogP contribution in [0.2, 0.25) is 0 Å². The number of ether oxygens (including phenoxy) is 1. The van der Waals surface area contributed by atoms with Gasteiger partial charge >= 0.3 is 0 Å². The first-order chi connectivity index (χ1) is 12.7. The maximum absolute atomic E-state index is 5.99. The van der Waals surface area contributed by atoms with E-state index in [1.807, 2.05) is 25.1 Å². The Morgan fingerprint density at radius 2 is 2.07 bits per heavy atom. The van der Waals surface area contributed by atoms with E-state index in [9.17, 15) is 0 Å². The normalized spacial score (nSPS) is 14.7. The molecule has 8 heteroatoms. The number of hydrogen-bond donors (Lipinski definition) is 2. The van der Waals surface area contributed by atoms with E-state index in [4.69, 9.17) is 4.74 Å². The molecule has 0 amide bonds. The highest BCUT2D eigenvalue weighted by Gasteiger charge is 2.15. The largest absolute Gasteiger partial charge is 0.489 e. The molecule has 148 valence electrons. The number of guanidine groups is 1. The Kier molecular flexibility index (Phi) is 8.33. The second kappa shape index (κ2) is 10.5. The van der Waals surface area contributed by atoms with Crippen LogP contribution in [-0.2, 0) is 19.5 Å². The van der Waals surface area contributed by atoms with Gasteiger partial charge in [-0.3, -0.25) is 4.99 Å². The third kappa shape index (κ3) is 5.82. The van der Waals surface area contributed by atoms with Crippen LogP contribution in [0.4, 0.5) is 0 Å². The molecule has 27 heavy (non-hydrogen) atoms. The molecule has 1 aliphatic heterocycles. The van der Waals surface area contributed by atoms with Gasteiger partial charge in [-0.25, -0.2) is 0 Å². The predicted molar refractivity (Wildman–Crippen MR) is 118 cm³/mol. The van der Waals surface area contributed by atoms with E-state index in [0.717, 1.165) is 41.9 Å². The van der Waals surface area contributed by atoms with Crippen LogP contribution in [-0.4, -0.2) is 40.4 Å². The van der Waals surface area contributed by atoms with Gasteiger partial charge in [-0.1, -0.05) is 18.2 Å². The number of fused-ring (bicyclic) bond motifs is 1. The summed E-state index contributed by atoms with van der Waals surface area (Å²) in [4.78, 5) is 4.28. The molecular weight excluding hydrogens is 455 g/mol. The predicted octanol–water partition coefficient (Wildman–Crippen LogP) is 2.67. The molecule has 3 rings (SSSR count). The fourth-order valence-electron chi connectivity index (χ4n) is 3.07. The van der Waals surface area contributed by atoms with Crippen LogP contribution in [0.5, 0.6) is 5.75 Å². The summed E-state index contributed by atoms with van der Waals surface area (Å²) in [6, 6.07) is 8.05. The highest BCUT2D eigenvalue weighted by molar-refractivity contribution is 14.0. The Bertz CT molecular complexity index is 760. The average Bonchev–Trinajstić information content (AvgIpc) is 3.07. The summed E-state index contributed by atoms with van der Waals surface area (Å²) in [5.74, 6) is 3.71. The molecule has 1 aromatic heterocycles. The first-order valence-electron chi connectivity index (χ1n) is 9.25. The van der Waals surface area contributed by atoms with Crippen molar-refractivity contribution in [1.29, 1.82) is 0 Å². The lowest BCUT2D eigenvalue weighted by molar-refractivity contribution is 0.222. The van der Waals surface area contributed by atoms with Gasteiger partial charge in [0.15, 0.2) is 11.8 Å². The van der Waals surface area contributed by atoms with Crippen LogP contribution in [0.15, 0.2) is 29.3 Å². The van der Waals surface area contributed by atoms with Crippen molar-refractivity contribution < 1.29 is 4.74 Å². The number of aliphatic imine (C=N–C) groups is 1. The van der Waals surface area contributed by atoms with Crippen molar-refractivity contribution in [3.05, 3.63) is 41.5 Å². The Morgan fingerprint density at radius 3 is 2.85 bits per heavy atom. The number of rotatable bonds is 6. The summed E-state index contributed by atoms with van der Waals surface area (Å²) in [5.41, 5.74) is 1.14.